The van der Waals surface area contributed by atoms with Crippen LogP contribution in [0.2, 0.25) is 0 Å². The summed E-state index contributed by atoms with van der Waals surface area (Å²) in [5.74, 6) is -4.48. The monoisotopic (exact) mass is 650 g/mol. The molecule has 0 atom stereocenters. The van der Waals surface area contributed by atoms with E-state index in [1.807, 2.05) is 11.8 Å². The lowest BCUT2D eigenvalue weighted by Gasteiger charge is -2.12. The molecule has 0 aliphatic heterocycles. The summed E-state index contributed by atoms with van der Waals surface area (Å²) >= 11 is 0. The number of halogens is 8. The van der Waals surface area contributed by atoms with Crippen molar-refractivity contribution in [3.8, 4) is 40.9 Å². The van der Waals surface area contributed by atoms with E-state index in [4.69, 9.17) is 14.2 Å². The summed E-state index contributed by atoms with van der Waals surface area (Å²) in [6, 6.07) is 2.80. The third kappa shape index (κ3) is 7.59. The topological polar surface area (TPSA) is 27.7 Å². The number of hydrogen-bond acceptors (Lipinski definition) is 3. The van der Waals surface area contributed by atoms with Gasteiger partial charge in [-0.05, 0) is 49.5 Å². The highest BCUT2D eigenvalue weighted by Gasteiger charge is 2.25. The van der Waals surface area contributed by atoms with Crippen molar-refractivity contribution in [2.45, 2.75) is 52.4 Å². The highest BCUT2D eigenvalue weighted by Crippen LogP contribution is 2.39. The van der Waals surface area contributed by atoms with Crippen LogP contribution in [0.1, 0.15) is 67.3 Å². The van der Waals surface area contributed by atoms with E-state index in [0.717, 1.165) is 6.08 Å². The van der Waals surface area contributed by atoms with Gasteiger partial charge >= 0.3 is 0 Å². The maximum absolute atomic E-state index is 14.9. The third-order valence-electron chi connectivity index (χ3n) is 6.91. The molecule has 0 saturated carbocycles. The van der Waals surface area contributed by atoms with Crippen molar-refractivity contribution in [3.63, 3.8) is 0 Å². The van der Waals surface area contributed by atoms with Gasteiger partial charge in [0.15, 0.2) is 58.0 Å². The van der Waals surface area contributed by atoms with Gasteiger partial charge in [0.2, 0.25) is 5.75 Å². The standard InChI is InChI=1S/C35H30F8O3/c1-6-8-10-21-27(36)31(40)23(32(41)28(21)37)14-12-19(16-20-17-25(44-3)35(46-5)26(18-20)45-4)13-15-24-33(42)29(38)22(11-9-7-2)30(39)34(24)43/h16-18H,6-11H2,1-5H3. The van der Waals surface area contributed by atoms with E-state index < -0.39 is 74.4 Å². The molecule has 0 unspecified atom stereocenters. The van der Waals surface area contributed by atoms with Gasteiger partial charge in [-0.15, -0.1) is 0 Å². The minimum absolute atomic E-state index is 0.154. The van der Waals surface area contributed by atoms with Crippen LogP contribution in [0.3, 0.4) is 0 Å². The molecule has 0 spiro atoms. The molecule has 3 aromatic carbocycles. The van der Waals surface area contributed by atoms with E-state index in [9.17, 15) is 35.1 Å². The molecule has 3 aromatic rings. The molecule has 0 aromatic heterocycles. The van der Waals surface area contributed by atoms with Crippen LogP contribution in [-0.4, -0.2) is 21.3 Å². The lowest BCUT2D eigenvalue weighted by Crippen LogP contribution is -2.07. The molecule has 0 heterocycles. The number of ether oxygens (including phenoxy) is 3. The Kier molecular flexibility index (Phi) is 12.5. The molecule has 0 N–H and O–H groups in total. The van der Waals surface area contributed by atoms with Crippen LogP contribution in [0.4, 0.5) is 35.1 Å². The Hall–Kier alpha value is -4.64. The van der Waals surface area contributed by atoms with E-state index in [2.05, 4.69) is 11.8 Å². The SMILES string of the molecule is CCCCc1c(F)c(F)c(C#CC(C#Cc2c(F)c(F)c(CCCC)c(F)c2F)=Cc2cc(OC)c(OC)c(OC)c2)c(F)c1F. The Morgan fingerprint density at radius 1 is 0.587 bits per heavy atom. The molecule has 0 bridgehead atoms. The molecule has 3 nitrogen and oxygen atoms in total. The van der Waals surface area contributed by atoms with Gasteiger partial charge in [0.25, 0.3) is 0 Å². The molecule has 0 radical (unpaired) electrons. The van der Waals surface area contributed by atoms with Gasteiger partial charge in [0.05, 0.1) is 26.9 Å². The number of methoxy groups -OCH3 is 3. The van der Waals surface area contributed by atoms with Gasteiger partial charge in [0.1, 0.15) is 11.1 Å². The summed E-state index contributed by atoms with van der Waals surface area (Å²) in [7, 11) is 3.99. The zero-order valence-corrected chi connectivity index (χ0v) is 25.7. The summed E-state index contributed by atoms with van der Waals surface area (Å²) in [5.41, 5.74) is -4.29. The third-order valence-corrected chi connectivity index (χ3v) is 6.91. The van der Waals surface area contributed by atoms with E-state index >= 15 is 0 Å². The predicted molar refractivity (Wildman–Crippen MR) is 158 cm³/mol. The summed E-state index contributed by atoms with van der Waals surface area (Å²) < 4.78 is 134. The second-order valence-electron chi connectivity index (χ2n) is 9.94. The van der Waals surface area contributed by atoms with Crippen molar-refractivity contribution in [1.29, 1.82) is 0 Å². The smallest absolute Gasteiger partial charge is 0.203 e. The molecule has 0 amide bonds. The van der Waals surface area contributed by atoms with Gasteiger partial charge in [0, 0.05) is 11.1 Å². The van der Waals surface area contributed by atoms with Crippen LogP contribution in [0.5, 0.6) is 17.2 Å². The van der Waals surface area contributed by atoms with Crippen molar-refractivity contribution < 1.29 is 49.3 Å². The highest BCUT2D eigenvalue weighted by molar-refractivity contribution is 5.70. The lowest BCUT2D eigenvalue weighted by atomic mass is 10.0. The molecule has 0 aliphatic carbocycles. The van der Waals surface area contributed by atoms with Gasteiger partial charge < -0.3 is 14.2 Å². The number of hydrogen-bond donors (Lipinski definition) is 0. The number of benzene rings is 3. The fraction of sp³-hybridized carbons (Fsp3) is 0.314. The summed E-state index contributed by atoms with van der Waals surface area (Å²) in [6.45, 7) is 3.46. The molecule has 0 saturated heterocycles. The predicted octanol–water partition coefficient (Wildman–Crippen LogP) is 9.00. The maximum atomic E-state index is 14.9. The fourth-order valence-electron chi connectivity index (χ4n) is 4.43. The maximum Gasteiger partial charge on any atom is 0.203 e. The summed E-state index contributed by atoms with van der Waals surface area (Å²) in [5, 5.41) is 0. The molecule has 3 rings (SSSR count). The Balaban J connectivity index is 2.29. The van der Waals surface area contributed by atoms with Crippen molar-refractivity contribution in [1.82, 2.24) is 0 Å². The van der Waals surface area contributed by atoms with Crippen molar-refractivity contribution in [3.05, 3.63) is 92.1 Å². The first kappa shape index (κ1) is 35.8. The Morgan fingerprint density at radius 2 is 0.957 bits per heavy atom. The first-order valence-electron chi connectivity index (χ1n) is 14.2. The first-order valence-corrected chi connectivity index (χ1v) is 14.2. The molecule has 11 heteroatoms. The van der Waals surface area contributed by atoms with Crippen molar-refractivity contribution >= 4 is 6.08 Å². The van der Waals surface area contributed by atoms with E-state index in [0.29, 0.717) is 12.8 Å². The molecule has 0 aliphatic rings. The van der Waals surface area contributed by atoms with Gasteiger partial charge in [-0.1, -0.05) is 50.4 Å². The van der Waals surface area contributed by atoms with E-state index in [-0.39, 0.29) is 48.5 Å². The second kappa shape index (κ2) is 16.1. The van der Waals surface area contributed by atoms with Crippen LogP contribution in [0.25, 0.3) is 6.08 Å². The zero-order valence-electron chi connectivity index (χ0n) is 25.7. The normalized spacial score (nSPS) is 10.5. The van der Waals surface area contributed by atoms with Crippen molar-refractivity contribution in [2.75, 3.05) is 21.3 Å². The Labute approximate surface area is 262 Å². The lowest BCUT2D eigenvalue weighted by molar-refractivity contribution is 0.324. The summed E-state index contributed by atoms with van der Waals surface area (Å²) in [4.78, 5) is 0. The minimum Gasteiger partial charge on any atom is -0.493 e. The van der Waals surface area contributed by atoms with Gasteiger partial charge in [-0.2, -0.15) is 0 Å². The average molecular weight is 651 g/mol. The first-order chi connectivity index (χ1) is 21.9. The molecular formula is C35H30F8O3. The van der Waals surface area contributed by atoms with Crippen molar-refractivity contribution in [2.24, 2.45) is 0 Å². The number of allylic oxidation sites excluding steroid dienone is 1. The van der Waals surface area contributed by atoms with Crippen LogP contribution in [0, 0.1) is 70.2 Å². The molecule has 244 valence electrons. The Morgan fingerprint density at radius 3 is 1.26 bits per heavy atom. The molecule has 0 fully saturated rings. The second-order valence-corrected chi connectivity index (χ2v) is 9.94. The van der Waals surface area contributed by atoms with Crippen LogP contribution in [-0.2, 0) is 12.8 Å². The van der Waals surface area contributed by atoms with Crippen LogP contribution >= 0.6 is 0 Å². The number of rotatable bonds is 10. The zero-order chi connectivity index (χ0) is 34.1. The number of unbranched alkanes of at least 4 members (excludes halogenated alkanes) is 2. The molecular weight excluding hydrogens is 620 g/mol. The quantitative estimate of drug-likeness (QED) is 0.125. The van der Waals surface area contributed by atoms with Crippen LogP contribution in [0.15, 0.2) is 17.7 Å². The molecule has 46 heavy (non-hydrogen) atoms. The highest BCUT2D eigenvalue weighted by atomic mass is 19.2. The Bertz CT molecular complexity index is 1600. The summed E-state index contributed by atoms with van der Waals surface area (Å²) in [6.07, 6.45) is 2.19. The van der Waals surface area contributed by atoms with Gasteiger partial charge in [-0.25, -0.2) is 35.1 Å². The minimum atomic E-state index is -1.75. The van der Waals surface area contributed by atoms with Crippen LogP contribution < -0.4 is 14.2 Å². The largest absolute Gasteiger partial charge is 0.493 e. The van der Waals surface area contributed by atoms with E-state index in [1.165, 1.54) is 33.5 Å². The van der Waals surface area contributed by atoms with Gasteiger partial charge in [-0.3, -0.25) is 0 Å². The fourth-order valence-corrected chi connectivity index (χ4v) is 4.43. The average Bonchev–Trinajstić information content (AvgIpc) is 3.05. The van der Waals surface area contributed by atoms with E-state index in [1.54, 1.807) is 13.8 Å².